The van der Waals surface area contributed by atoms with E-state index in [1.54, 1.807) is 0 Å². The Balaban J connectivity index is 0.00000486. The zero-order valence-electron chi connectivity index (χ0n) is 28.9. The molecule has 2 aromatic rings. The van der Waals surface area contributed by atoms with Crippen LogP contribution in [0.3, 0.4) is 0 Å². The van der Waals surface area contributed by atoms with Crippen molar-refractivity contribution in [2.24, 2.45) is 0 Å². The van der Waals surface area contributed by atoms with E-state index in [0.717, 1.165) is 56.7 Å². The largest absolute Gasteiger partial charge is 0.468 e. The van der Waals surface area contributed by atoms with Crippen LogP contribution < -0.4 is 9.79 Å². The maximum atomic E-state index is 12.9. The van der Waals surface area contributed by atoms with Crippen molar-refractivity contribution in [1.82, 2.24) is 14.7 Å². The van der Waals surface area contributed by atoms with Crippen molar-refractivity contribution in [3.05, 3.63) is 83.6 Å². The van der Waals surface area contributed by atoms with Gasteiger partial charge < -0.3 is 19.2 Å². The van der Waals surface area contributed by atoms with Crippen LogP contribution >= 0.6 is 12.8 Å². The van der Waals surface area contributed by atoms with Crippen LogP contribution in [-0.2, 0) is 60.6 Å². The molecule has 0 unspecified atom stereocenters. The molecule has 0 atom stereocenters. The van der Waals surface area contributed by atoms with Gasteiger partial charge in [-0.15, -0.1) is 0 Å². The first kappa shape index (κ1) is 38.0. The number of thiol groups is 1. The molecule has 2 saturated heterocycles. The van der Waals surface area contributed by atoms with Gasteiger partial charge in [-0.2, -0.15) is 4.58 Å². The number of carbonyl (C=O) groups excluding carboxylic acids is 3. The molecule has 4 aliphatic heterocycles. The summed E-state index contributed by atoms with van der Waals surface area (Å²) in [5.41, 5.74) is 6.43. The Bertz CT molecular complexity index is 1680. The minimum absolute atomic E-state index is 0. The second kappa shape index (κ2) is 16.4. The Morgan fingerprint density at radius 3 is 1.98 bits per heavy atom. The molecule has 0 aliphatic carbocycles. The molecule has 2 fully saturated rings. The summed E-state index contributed by atoms with van der Waals surface area (Å²) in [5, 5.41) is 0. The molecule has 0 aromatic heterocycles. The van der Waals surface area contributed by atoms with Gasteiger partial charge in [0.1, 0.15) is 0 Å². The van der Waals surface area contributed by atoms with E-state index >= 15 is 0 Å². The van der Waals surface area contributed by atoms with Crippen molar-refractivity contribution in [3.63, 3.8) is 0 Å². The predicted octanol–water partition coefficient (Wildman–Crippen LogP) is 3.67. The maximum absolute atomic E-state index is 12.9. The summed E-state index contributed by atoms with van der Waals surface area (Å²) >= 11 is 3.88. The molecule has 4 aliphatic rings. The van der Waals surface area contributed by atoms with Gasteiger partial charge in [0.05, 0.1) is 32.7 Å². The second-order valence-corrected chi connectivity index (χ2v) is 13.3. The third-order valence-electron chi connectivity index (χ3n) is 10.8. The molecule has 2 aromatic carbocycles. The summed E-state index contributed by atoms with van der Waals surface area (Å²) in [5.74, 6) is -0.907. The van der Waals surface area contributed by atoms with E-state index in [0.29, 0.717) is 19.6 Å². The first-order valence-electron chi connectivity index (χ1n) is 17.0. The number of hydrogen-bond donors (Lipinski definition) is 2. The third kappa shape index (κ3) is 7.10. The van der Waals surface area contributed by atoms with Crippen molar-refractivity contribution in [1.29, 1.82) is 0 Å². The number of allylic oxidation sites excluding steroid dienone is 4. The number of para-hydroxylation sites is 2. The molecular weight excluding hydrogens is 826 g/mol. The molecule has 0 radical (unpaired) electrons. The van der Waals surface area contributed by atoms with Gasteiger partial charge in [0.15, 0.2) is 5.71 Å². The van der Waals surface area contributed by atoms with Gasteiger partial charge in [-0.25, -0.2) is 4.79 Å². The van der Waals surface area contributed by atoms with Gasteiger partial charge in [0, 0.05) is 75.2 Å². The number of benzene rings is 2. The number of anilines is 1. The number of methoxy groups -OCH3 is 2. The van der Waals surface area contributed by atoms with Gasteiger partial charge >= 0.3 is 17.9 Å². The summed E-state index contributed by atoms with van der Waals surface area (Å²) < 4.78 is 12.0. The SMILES string of the molecule is CCN1C(=CC=CC2=[N+](CC(=O)ONS)c3ccccc3C23CCN(CC(=O)OC)CC3)C2(CCN(CC(=O)OC)CC2)c2ccccc21.[W]. The average molecular weight is 873 g/mol. The molecule has 6 rings (SSSR count). The van der Waals surface area contributed by atoms with Crippen molar-refractivity contribution in [3.8, 4) is 0 Å². The smallest absolute Gasteiger partial charge is 0.392 e. The topological polar surface area (TPSA) is 104 Å². The van der Waals surface area contributed by atoms with Crippen molar-refractivity contribution < 1.29 is 54.3 Å². The summed E-state index contributed by atoms with van der Waals surface area (Å²) in [6.45, 7) is 6.56. The quantitative estimate of drug-likeness (QED) is 0.121. The second-order valence-electron chi connectivity index (χ2n) is 13.1. The Labute approximate surface area is 314 Å². The van der Waals surface area contributed by atoms with E-state index in [1.165, 1.54) is 36.7 Å². The number of likely N-dealkylation sites (N-methyl/N-ethyl adjacent to an activating group) is 1. The Morgan fingerprint density at radius 1 is 0.840 bits per heavy atom. The van der Waals surface area contributed by atoms with Gasteiger partial charge in [-0.3, -0.25) is 19.4 Å². The van der Waals surface area contributed by atoms with E-state index in [4.69, 9.17) is 14.3 Å². The first-order valence-corrected chi connectivity index (χ1v) is 17.4. The average Bonchev–Trinajstić information content (AvgIpc) is 3.52. The number of fused-ring (bicyclic) bond motifs is 4. The molecule has 2 spiro atoms. The van der Waals surface area contributed by atoms with Crippen LogP contribution in [0.1, 0.15) is 43.7 Å². The number of ether oxygens (including phenoxy) is 2. The number of esters is 2. The minimum atomic E-state index is -0.449. The van der Waals surface area contributed by atoms with Crippen LogP contribution in [0.4, 0.5) is 11.4 Å². The van der Waals surface area contributed by atoms with Crippen LogP contribution in [0.5, 0.6) is 0 Å². The normalized spacial score (nSPS) is 20.2. The Hall–Kier alpha value is -3.28. The van der Waals surface area contributed by atoms with E-state index in [2.05, 4.69) is 98.5 Å². The summed E-state index contributed by atoms with van der Waals surface area (Å²) in [7, 11) is 2.85. The molecular formula is C37H46N5O6SW+. The zero-order valence-corrected chi connectivity index (χ0v) is 32.8. The van der Waals surface area contributed by atoms with E-state index < -0.39 is 5.97 Å². The van der Waals surface area contributed by atoms with Crippen molar-refractivity contribution in [2.75, 3.05) is 71.5 Å². The number of rotatable bonds is 10. The summed E-state index contributed by atoms with van der Waals surface area (Å²) in [6, 6.07) is 16.9. The standard InChI is InChI=1S/C37H46N5O6S.W/c1-4-41-29-12-7-5-10-27(29)36(16-20-39(21-17-36)24-33(43)46-2)31(41)14-9-15-32-37(18-22-40(23-19-37)25-34(44)47-3)28-11-6-8-13-30(28)42(32)26-35(45)48-38-49;/h5-15,38,49H,4,16-26H2,1-3H3;/q+1;. The molecule has 4 heterocycles. The Morgan fingerprint density at radius 2 is 1.40 bits per heavy atom. The van der Waals surface area contributed by atoms with Crippen LogP contribution in [0, 0.1) is 0 Å². The van der Waals surface area contributed by atoms with Crippen molar-refractivity contribution in [2.45, 2.75) is 43.4 Å². The fraction of sp³-hybridized carbons (Fsp3) is 0.459. The molecule has 50 heavy (non-hydrogen) atoms. The zero-order chi connectivity index (χ0) is 34.6. The molecule has 0 bridgehead atoms. The minimum Gasteiger partial charge on any atom is -0.468 e. The fourth-order valence-electron chi connectivity index (χ4n) is 8.46. The number of nitrogens with zero attached hydrogens (tertiary/aromatic N) is 4. The summed E-state index contributed by atoms with van der Waals surface area (Å²) in [6.07, 6.45) is 9.88. The molecule has 11 nitrogen and oxygen atoms in total. The predicted molar refractivity (Wildman–Crippen MR) is 190 cm³/mol. The maximum Gasteiger partial charge on any atom is 0.392 e. The van der Waals surface area contributed by atoms with Gasteiger partial charge in [0.25, 0.3) is 0 Å². The van der Waals surface area contributed by atoms with E-state index in [-0.39, 0.29) is 56.9 Å². The van der Waals surface area contributed by atoms with Crippen molar-refractivity contribution >= 4 is 47.8 Å². The van der Waals surface area contributed by atoms with Crippen LogP contribution in [0.15, 0.2) is 72.5 Å². The van der Waals surface area contributed by atoms with Gasteiger partial charge in [-0.05, 0) is 63.4 Å². The van der Waals surface area contributed by atoms with Crippen LogP contribution in [0.2, 0.25) is 0 Å². The van der Waals surface area contributed by atoms with E-state index in [1.807, 2.05) is 12.1 Å². The monoisotopic (exact) mass is 872 g/mol. The molecule has 13 heteroatoms. The Kier molecular flexibility index (Phi) is 12.4. The first-order chi connectivity index (χ1) is 23.8. The van der Waals surface area contributed by atoms with Crippen LogP contribution in [0.25, 0.3) is 0 Å². The van der Waals surface area contributed by atoms with E-state index in [9.17, 15) is 14.4 Å². The van der Waals surface area contributed by atoms with Gasteiger partial charge in [0.2, 0.25) is 12.2 Å². The number of nitrogens with one attached hydrogen (secondary N) is 1. The molecule has 0 saturated carbocycles. The third-order valence-corrected chi connectivity index (χ3v) is 10.9. The summed E-state index contributed by atoms with van der Waals surface area (Å²) in [4.78, 5) is 51.1. The van der Waals surface area contributed by atoms with Gasteiger partial charge in [-0.1, -0.05) is 60.2 Å². The number of hydrogen-bond acceptors (Lipinski definition) is 11. The van der Waals surface area contributed by atoms with Crippen LogP contribution in [-0.4, -0.2) is 105 Å². The molecule has 266 valence electrons. The molecule has 1 N–H and O–H groups in total. The number of piperidine rings is 2. The number of carbonyl (C=O) groups is 3. The fourth-order valence-corrected chi connectivity index (χ4v) is 8.56. The number of likely N-dealkylation sites (tertiary alicyclic amines) is 2. The molecule has 0 amide bonds.